The number of pyridine rings is 1. The molecular formula is C22H17Cl2N3O3. The molecule has 1 heterocycles. The van der Waals surface area contributed by atoms with Crippen LogP contribution in [0.5, 0.6) is 5.75 Å². The maximum absolute atomic E-state index is 13.0. The number of anilines is 2. The second-order valence-corrected chi connectivity index (χ2v) is 6.85. The van der Waals surface area contributed by atoms with Gasteiger partial charge in [0.1, 0.15) is 16.5 Å². The highest BCUT2D eigenvalue weighted by molar-refractivity contribution is 6.33. The SMILES string of the molecule is COc1ccc(Cl)cc1NC(=O)C(=Cc1cccnc1Cl)C(=O)Nc1ccccc1. The number of amides is 2. The molecule has 0 saturated carbocycles. The first-order valence-corrected chi connectivity index (χ1v) is 9.57. The molecule has 0 aliphatic carbocycles. The number of hydrogen-bond donors (Lipinski definition) is 2. The van der Waals surface area contributed by atoms with Crippen LogP contribution in [-0.4, -0.2) is 23.9 Å². The highest BCUT2D eigenvalue weighted by Gasteiger charge is 2.21. The summed E-state index contributed by atoms with van der Waals surface area (Å²) in [7, 11) is 1.47. The van der Waals surface area contributed by atoms with Crippen LogP contribution in [-0.2, 0) is 9.59 Å². The van der Waals surface area contributed by atoms with Crippen LogP contribution in [0.15, 0.2) is 72.4 Å². The van der Waals surface area contributed by atoms with Gasteiger partial charge in [-0.3, -0.25) is 9.59 Å². The summed E-state index contributed by atoms with van der Waals surface area (Å²) < 4.78 is 5.25. The molecule has 8 heteroatoms. The number of aromatic nitrogens is 1. The van der Waals surface area contributed by atoms with E-state index < -0.39 is 11.8 Å². The number of carbonyl (C=O) groups is 2. The Labute approximate surface area is 183 Å². The zero-order valence-corrected chi connectivity index (χ0v) is 17.4. The van der Waals surface area contributed by atoms with Crippen molar-refractivity contribution in [3.05, 3.63) is 88.2 Å². The Hall–Kier alpha value is -3.35. The topological polar surface area (TPSA) is 80.3 Å². The van der Waals surface area contributed by atoms with E-state index in [1.54, 1.807) is 48.5 Å². The molecule has 0 atom stereocenters. The van der Waals surface area contributed by atoms with Crippen LogP contribution < -0.4 is 15.4 Å². The third-order valence-corrected chi connectivity index (χ3v) is 4.57. The molecule has 0 radical (unpaired) electrons. The molecule has 2 N–H and O–H groups in total. The molecule has 2 amide bonds. The fourth-order valence-corrected chi connectivity index (χ4v) is 2.93. The minimum absolute atomic E-state index is 0.163. The van der Waals surface area contributed by atoms with Crippen molar-refractivity contribution in [2.45, 2.75) is 0 Å². The van der Waals surface area contributed by atoms with Crippen molar-refractivity contribution in [1.82, 2.24) is 4.98 Å². The second-order valence-electron chi connectivity index (χ2n) is 6.06. The Morgan fingerprint density at radius 2 is 1.70 bits per heavy atom. The van der Waals surface area contributed by atoms with Gasteiger partial charge in [0.05, 0.1) is 12.8 Å². The van der Waals surface area contributed by atoms with Gasteiger partial charge in [0.2, 0.25) is 0 Å². The van der Waals surface area contributed by atoms with E-state index in [2.05, 4.69) is 15.6 Å². The molecule has 2 aromatic carbocycles. The van der Waals surface area contributed by atoms with Gasteiger partial charge in [-0.2, -0.15) is 0 Å². The summed E-state index contributed by atoms with van der Waals surface area (Å²) in [4.78, 5) is 29.9. The first kappa shape index (κ1) is 21.4. The Morgan fingerprint density at radius 1 is 0.967 bits per heavy atom. The summed E-state index contributed by atoms with van der Waals surface area (Å²) in [5, 5.41) is 5.93. The minimum Gasteiger partial charge on any atom is -0.495 e. The minimum atomic E-state index is -0.663. The van der Waals surface area contributed by atoms with E-state index in [0.717, 1.165) is 0 Å². The third-order valence-electron chi connectivity index (χ3n) is 4.02. The molecule has 0 fully saturated rings. The molecule has 30 heavy (non-hydrogen) atoms. The normalized spacial score (nSPS) is 11.0. The van der Waals surface area contributed by atoms with Crippen molar-refractivity contribution >= 4 is 52.5 Å². The summed E-state index contributed by atoms with van der Waals surface area (Å²) in [6.45, 7) is 0. The van der Waals surface area contributed by atoms with E-state index in [4.69, 9.17) is 27.9 Å². The van der Waals surface area contributed by atoms with Gasteiger partial charge in [-0.25, -0.2) is 4.98 Å². The molecule has 0 bridgehead atoms. The fourth-order valence-electron chi connectivity index (χ4n) is 2.58. The summed E-state index contributed by atoms with van der Waals surface area (Å²) in [5.74, 6) is -0.876. The van der Waals surface area contributed by atoms with Crippen LogP contribution in [0.1, 0.15) is 5.56 Å². The summed E-state index contributed by atoms with van der Waals surface area (Å²) in [6.07, 6.45) is 2.89. The Morgan fingerprint density at radius 3 is 2.40 bits per heavy atom. The first-order valence-electron chi connectivity index (χ1n) is 8.81. The van der Waals surface area contributed by atoms with Gasteiger partial charge in [0.15, 0.2) is 0 Å². The Bertz CT molecular complexity index is 1100. The molecule has 0 aliphatic heterocycles. The number of carbonyl (C=O) groups excluding carboxylic acids is 2. The Kier molecular flexibility index (Phi) is 7.06. The number of para-hydroxylation sites is 1. The molecule has 3 aromatic rings. The van der Waals surface area contributed by atoms with E-state index >= 15 is 0 Å². The average molecular weight is 442 g/mol. The maximum Gasteiger partial charge on any atom is 0.261 e. The number of hydrogen-bond acceptors (Lipinski definition) is 4. The van der Waals surface area contributed by atoms with Gasteiger partial charge in [0, 0.05) is 22.5 Å². The van der Waals surface area contributed by atoms with Crippen LogP contribution in [0.2, 0.25) is 10.2 Å². The molecule has 0 aliphatic rings. The molecule has 0 spiro atoms. The summed E-state index contributed by atoms with van der Waals surface area (Å²) in [6, 6.07) is 16.9. The number of benzene rings is 2. The lowest BCUT2D eigenvalue weighted by atomic mass is 10.1. The highest BCUT2D eigenvalue weighted by Crippen LogP contribution is 2.28. The second kappa shape index (κ2) is 9.91. The molecule has 0 saturated heterocycles. The van der Waals surface area contributed by atoms with E-state index in [-0.39, 0.29) is 10.7 Å². The lowest BCUT2D eigenvalue weighted by Crippen LogP contribution is -2.25. The number of nitrogens with zero attached hydrogens (tertiary/aromatic N) is 1. The van der Waals surface area contributed by atoms with Gasteiger partial charge in [-0.15, -0.1) is 0 Å². The number of methoxy groups -OCH3 is 1. The van der Waals surface area contributed by atoms with E-state index in [1.807, 2.05) is 6.07 Å². The average Bonchev–Trinajstić information content (AvgIpc) is 2.74. The van der Waals surface area contributed by atoms with Gasteiger partial charge in [-0.05, 0) is 42.5 Å². The molecule has 0 unspecified atom stereocenters. The maximum atomic E-state index is 13.0. The molecular weight excluding hydrogens is 425 g/mol. The van der Waals surface area contributed by atoms with Gasteiger partial charge in [0.25, 0.3) is 11.8 Å². The van der Waals surface area contributed by atoms with Gasteiger partial charge < -0.3 is 15.4 Å². The van der Waals surface area contributed by atoms with Gasteiger partial charge >= 0.3 is 0 Å². The summed E-state index contributed by atoms with van der Waals surface area (Å²) >= 11 is 12.1. The van der Waals surface area contributed by atoms with Crippen molar-refractivity contribution < 1.29 is 14.3 Å². The van der Waals surface area contributed by atoms with E-state index in [1.165, 1.54) is 25.4 Å². The number of halogens is 2. The van der Waals surface area contributed by atoms with Gasteiger partial charge in [-0.1, -0.05) is 47.5 Å². The van der Waals surface area contributed by atoms with Crippen molar-refractivity contribution in [2.75, 3.05) is 17.7 Å². The van der Waals surface area contributed by atoms with Crippen LogP contribution in [0.3, 0.4) is 0 Å². The van der Waals surface area contributed by atoms with E-state index in [9.17, 15) is 9.59 Å². The van der Waals surface area contributed by atoms with Crippen molar-refractivity contribution in [3.63, 3.8) is 0 Å². The fraction of sp³-hybridized carbons (Fsp3) is 0.0455. The largest absolute Gasteiger partial charge is 0.495 e. The predicted molar refractivity (Wildman–Crippen MR) is 119 cm³/mol. The zero-order valence-electron chi connectivity index (χ0n) is 15.9. The lowest BCUT2D eigenvalue weighted by molar-refractivity contribution is -0.118. The molecule has 6 nitrogen and oxygen atoms in total. The molecule has 1 aromatic heterocycles. The predicted octanol–water partition coefficient (Wildman–Crippen LogP) is 5.06. The van der Waals surface area contributed by atoms with Crippen molar-refractivity contribution in [1.29, 1.82) is 0 Å². The van der Waals surface area contributed by atoms with E-state index in [0.29, 0.717) is 27.7 Å². The first-order chi connectivity index (χ1) is 14.5. The van der Waals surface area contributed by atoms with Crippen molar-refractivity contribution in [2.24, 2.45) is 0 Å². The van der Waals surface area contributed by atoms with Crippen LogP contribution in [0.25, 0.3) is 6.08 Å². The molecule has 152 valence electrons. The number of rotatable bonds is 6. The molecule has 3 rings (SSSR count). The van der Waals surface area contributed by atoms with Crippen molar-refractivity contribution in [3.8, 4) is 5.75 Å². The quantitative estimate of drug-likeness (QED) is 0.242. The van der Waals surface area contributed by atoms with Crippen LogP contribution in [0, 0.1) is 0 Å². The standard InChI is InChI=1S/C22H17Cl2N3O3/c1-30-19-10-9-15(23)13-18(19)27-22(29)17(12-14-6-5-11-25-20(14)24)21(28)26-16-7-3-2-4-8-16/h2-13H,1H3,(H,26,28)(H,27,29). The van der Waals surface area contributed by atoms with Crippen LogP contribution in [0.4, 0.5) is 11.4 Å². The van der Waals surface area contributed by atoms with Crippen LogP contribution >= 0.6 is 23.2 Å². The Balaban J connectivity index is 1.96. The third kappa shape index (κ3) is 5.37. The number of ether oxygens (including phenoxy) is 1. The highest BCUT2D eigenvalue weighted by atomic mass is 35.5. The lowest BCUT2D eigenvalue weighted by Gasteiger charge is -2.13. The monoisotopic (exact) mass is 441 g/mol. The number of nitrogens with one attached hydrogen (secondary N) is 2. The zero-order chi connectivity index (χ0) is 21.5. The summed E-state index contributed by atoms with van der Waals surface area (Å²) in [5.41, 5.74) is 1.12. The smallest absolute Gasteiger partial charge is 0.261 e.